The molecule has 5 nitrogen and oxygen atoms in total. The van der Waals surface area contributed by atoms with E-state index in [-0.39, 0.29) is 36.3 Å². The fraction of sp³-hybridized carbons (Fsp3) is 0.611. The van der Waals surface area contributed by atoms with Crippen molar-refractivity contribution in [1.82, 2.24) is 15.5 Å². The van der Waals surface area contributed by atoms with Gasteiger partial charge in [-0.15, -0.1) is 37.1 Å². The van der Waals surface area contributed by atoms with Crippen LogP contribution in [0.25, 0.3) is 0 Å². The first-order valence-corrected chi connectivity index (χ1v) is 8.82. The van der Waals surface area contributed by atoms with Crippen molar-refractivity contribution in [3.05, 3.63) is 29.8 Å². The summed E-state index contributed by atoms with van der Waals surface area (Å²) in [4.78, 5) is 6.61. The van der Waals surface area contributed by atoms with Crippen LogP contribution in [0.2, 0.25) is 0 Å². The van der Waals surface area contributed by atoms with E-state index in [2.05, 4.69) is 39.4 Å². The van der Waals surface area contributed by atoms with Crippen LogP contribution in [0.15, 0.2) is 29.3 Å². The van der Waals surface area contributed by atoms with Gasteiger partial charge in [-0.05, 0) is 45.8 Å². The Hall–Kier alpha value is -1.23. The first kappa shape index (κ1) is 23.8. The Morgan fingerprint density at radius 1 is 1.26 bits per heavy atom. The Bertz CT molecular complexity index is 605. The molecule has 27 heavy (non-hydrogen) atoms. The SMILES string of the molecule is CCNC(=NCc1ccccc1OC(F)(F)F)NCC(C1CC1)N(C)C.I. The summed E-state index contributed by atoms with van der Waals surface area (Å²) < 4.78 is 41.6. The number of nitrogens with one attached hydrogen (secondary N) is 2. The van der Waals surface area contributed by atoms with Crippen molar-refractivity contribution in [3.63, 3.8) is 0 Å². The first-order valence-electron chi connectivity index (χ1n) is 8.82. The van der Waals surface area contributed by atoms with Gasteiger partial charge in [0.15, 0.2) is 5.96 Å². The highest BCUT2D eigenvalue weighted by atomic mass is 127. The third kappa shape index (κ3) is 8.54. The molecule has 0 saturated heterocycles. The lowest BCUT2D eigenvalue weighted by Gasteiger charge is -2.25. The molecule has 1 aliphatic rings. The molecule has 0 radical (unpaired) electrons. The van der Waals surface area contributed by atoms with Gasteiger partial charge < -0.3 is 20.3 Å². The highest BCUT2D eigenvalue weighted by Gasteiger charge is 2.33. The van der Waals surface area contributed by atoms with Crippen LogP contribution in [0.1, 0.15) is 25.3 Å². The largest absolute Gasteiger partial charge is 0.573 e. The predicted octanol–water partition coefficient (Wildman–Crippen LogP) is 3.60. The number of nitrogens with zero attached hydrogens (tertiary/aromatic N) is 2. The second-order valence-electron chi connectivity index (χ2n) is 6.60. The van der Waals surface area contributed by atoms with E-state index >= 15 is 0 Å². The number of guanidine groups is 1. The van der Waals surface area contributed by atoms with Crippen molar-refractivity contribution in [2.45, 2.75) is 38.7 Å². The number of likely N-dealkylation sites (N-methyl/N-ethyl adjacent to an activating group) is 1. The highest BCUT2D eigenvalue weighted by Crippen LogP contribution is 2.34. The van der Waals surface area contributed by atoms with Crippen LogP contribution in [0, 0.1) is 5.92 Å². The lowest BCUT2D eigenvalue weighted by Crippen LogP contribution is -2.46. The van der Waals surface area contributed by atoms with Crippen molar-refractivity contribution in [1.29, 1.82) is 0 Å². The van der Waals surface area contributed by atoms with Gasteiger partial charge in [0.1, 0.15) is 5.75 Å². The van der Waals surface area contributed by atoms with Crippen LogP contribution in [0.5, 0.6) is 5.75 Å². The van der Waals surface area contributed by atoms with E-state index in [1.807, 2.05) is 6.92 Å². The van der Waals surface area contributed by atoms with Gasteiger partial charge in [-0.2, -0.15) is 0 Å². The minimum absolute atomic E-state index is 0. The molecule has 0 heterocycles. The molecule has 1 aromatic rings. The van der Waals surface area contributed by atoms with Gasteiger partial charge in [-0.25, -0.2) is 4.99 Å². The molecule has 1 aromatic carbocycles. The van der Waals surface area contributed by atoms with Crippen LogP contribution in [0.4, 0.5) is 13.2 Å². The number of halogens is 4. The molecule has 1 unspecified atom stereocenters. The van der Waals surface area contributed by atoms with Crippen LogP contribution < -0.4 is 15.4 Å². The standard InChI is InChI=1S/C18H27F3N4O.HI/c1-4-22-17(24-12-15(25(2)3)13-9-10-13)23-11-14-7-5-6-8-16(14)26-18(19,20)21;/h5-8,13,15H,4,9-12H2,1-3H3,(H2,22,23,24);1H. The van der Waals surface area contributed by atoms with Gasteiger partial charge in [-0.3, -0.25) is 0 Å². The lowest BCUT2D eigenvalue weighted by atomic mass is 10.1. The van der Waals surface area contributed by atoms with Gasteiger partial charge in [0.2, 0.25) is 0 Å². The number of hydrogen-bond acceptors (Lipinski definition) is 3. The van der Waals surface area contributed by atoms with Gasteiger partial charge in [0.05, 0.1) is 6.54 Å². The summed E-state index contributed by atoms with van der Waals surface area (Å²) >= 11 is 0. The average molecular weight is 500 g/mol. The van der Waals surface area contributed by atoms with E-state index in [0.29, 0.717) is 30.0 Å². The maximum Gasteiger partial charge on any atom is 0.573 e. The van der Waals surface area contributed by atoms with E-state index in [1.165, 1.54) is 25.0 Å². The van der Waals surface area contributed by atoms with Crippen molar-refractivity contribution in [2.24, 2.45) is 10.9 Å². The summed E-state index contributed by atoms with van der Waals surface area (Å²) in [6.45, 7) is 3.45. The highest BCUT2D eigenvalue weighted by molar-refractivity contribution is 14.0. The Kier molecular flexibility index (Phi) is 9.65. The maximum absolute atomic E-state index is 12.5. The molecule has 2 rings (SSSR count). The summed E-state index contributed by atoms with van der Waals surface area (Å²) in [5.41, 5.74) is 0.383. The first-order chi connectivity index (χ1) is 12.3. The minimum atomic E-state index is -4.72. The van der Waals surface area contributed by atoms with Crippen LogP contribution in [0.3, 0.4) is 0 Å². The third-order valence-electron chi connectivity index (χ3n) is 4.26. The summed E-state index contributed by atoms with van der Waals surface area (Å²) in [5.74, 6) is 1.06. The summed E-state index contributed by atoms with van der Waals surface area (Å²) in [7, 11) is 4.11. The number of alkyl halides is 3. The second-order valence-corrected chi connectivity index (χ2v) is 6.60. The minimum Gasteiger partial charge on any atom is -0.405 e. The van der Waals surface area contributed by atoms with Gasteiger partial charge in [0.25, 0.3) is 0 Å². The van der Waals surface area contributed by atoms with E-state index in [9.17, 15) is 13.2 Å². The van der Waals surface area contributed by atoms with Crippen molar-refractivity contribution in [3.8, 4) is 5.75 Å². The van der Waals surface area contributed by atoms with Crippen LogP contribution in [-0.4, -0.2) is 50.4 Å². The molecular formula is C18H28F3IN4O. The molecule has 1 atom stereocenters. The van der Waals surface area contributed by atoms with Gasteiger partial charge in [-0.1, -0.05) is 18.2 Å². The molecule has 1 fully saturated rings. The fourth-order valence-electron chi connectivity index (χ4n) is 2.82. The summed E-state index contributed by atoms with van der Waals surface area (Å²) in [6.07, 6.45) is -2.24. The third-order valence-corrected chi connectivity index (χ3v) is 4.26. The maximum atomic E-state index is 12.5. The normalized spacial score (nSPS) is 15.9. The number of para-hydroxylation sites is 1. The lowest BCUT2D eigenvalue weighted by molar-refractivity contribution is -0.274. The van der Waals surface area contributed by atoms with Crippen LogP contribution >= 0.6 is 24.0 Å². The smallest absolute Gasteiger partial charge is 0.405 e. The topological polar surface area (TPSA) is 48.9 Å². The number of rotatable bonds is 8. The Morgan fingerprint density at radius 2 is 1.93 bits per heavy atom. The molecule has 9 heteroatoms. The van der Waals surface area contributed by atoms with Gasteiger partial charge >= 0.3 is 6.36 Å². The Balaban J connectivity index is 0.00000364. The molecule has 2 N–H and O–H groups in total. The molecule has 1 saturated carbocycles. The fourth-order valence-corrected chi connectivity index (χ4v) is 2.82. The number of hydrogen-bond donors (Lipinski definition) is 2. The second kappa shape index (κ2) is 10.9. The van der Waals surface area contributed by atoms with E-state index in [1.54, 1.807) is 12.1 Å². The van der Waals surface area contributed by atoms with E-state index in [4.69, 9.17) is 0 Å². The van der Waals surface area contributed by atoms with E-state index < -0.39 is 6.36 Å². The van der Waals surface area contributed by atoms with Gasteiger partial charge in [0, 0.05) is 24.7 Å². The molecule has 0 aliphatic heterocycles. The molecule has 0 amide bonds. The molecule has 1 aliphatic carbocycles. The zero-order valence-corrected chi connectivity index (χ0v) is 18.2. The Labute approximate surface area is 175 Å². The van der Waals surface area contributed by atoms with E-state index in [0.717, 1.165) is 6.54 Å². The molecule has 154 valence electrons. The summed E-state index contributed by atoms with van der Waals surface area (Å²) in [5, 5.41) is 6.43. The summed E-state index contributed by atoms with van der Waals surface area (Å²) in [6, 6.07) is 6.48. The van der Waals surface area contributed by atoms with Crippen molar-refractivity contribution < 1.29 is 17.9 Å². The van der Waals surface area contributed by atoms with Crippen molar-refractivity contribution >= 4 is 29.9 Å². The average Bonchev–Trinajstić information content (AvgIpc) is 3.37. The molecule has 0 bridgehead atoms. The Morgan fingerprint density at radius 3 is 2.48 bits per heavy atom. The van der Waals surface area contributed by atoms with Crippen LogP contribution in [-0.2, 0) is 6.54 Å². The molecule has 0 aromatic heterocycles. The molecule has 0 spiro atoms. The quantitative estimate of drug-likeness (QED) is 0.326. The zero-order valence-electron chi connectivity index (χ0n) is 15.8. The van der Waals surface area contributed by atoms with Crippen molar-refractivity contribution in [2.75, 3.05) is 27.2 Å². The number of aliphatic imine (C=N–C) groups is 1. The predicted molar refractivity (Wildman–Crippen MR) is 112 cm³/mol. The zero-order chi connectivity index (χ0) is 19.2. The molecular weight excluding hydrogens is 472 g/mol. The number of ether oxygens (including phenoxy) is 1. The number of benzene rings is 1. The monoisotopic (exact) mass is 500 g/mol.